The van der Waals surface area contributed by atoms with Crippen molar-refractivity contribution in [2.45, 2.75) is 26.7 Å². The van der Waals surface area contributed by atoms with Crippen LogP contribution in [-0.4, -0.2) is 61.5 Å². The molecule has 0 bridgehead atoms. The minimum Gasteiger partial charge on any atom is -0.493 e. The summed E-state index contributed by atoms with van der Waals surface area (Å²) in [5, 5.41) is 7.77. The van der Waals surface area contributed by atoms with Gasteiger partial charge in [0.1, 0.15) is 6.54 Å². The number of nitrogens with zero attached hydrogens (tertiary/aromatic N) is 2. The monoisotopic (exact) mass is 538 g/mol. The molecule has 0 atom stereocenters. The number of methoxy groups -OCH3 is 2. The van der Waals surface area contributed by atoms with E-state index in [0.29, 0.717) is 47.4 Å². The molecule has 0 aliphatic heterocycles. The number of rotatable bonds is 13. The van der Waals surface area contributed by atoms with Crippen LogP contribution in [0.2, 0.25) is 0 Å². The fourth-order valence-electron chi connectivity index (χ4n) is 3.81. The summed E-state index contributed by atoms with van der Waals surface area (Å²) in [6.07, 6.45) is 0.739. The fourth-order valence-corrected chi connectivity index (χ4v) is 4.54. The van der Waals surface area contributed by atoms with E-state index in [1.54, 1.807) is 43.9 Å². The van der Waals surface area contributed by atoms with E-state index in [1.807, 2.05) is 38.1 Å². The van der Waals surface area contributed by atoms with Gasteiger partial charge in [0.05, 0.1) is 26.3 Å². The number of benzene rings is 2. The van der Waals surface area contributed by atoms with Crippen molar-refractivity contribution in [3.63, 3.8) is 0 Å². The average Bonchev–Trinajstić information content (AvgIpc) is 3.34. The van der Waals surface area contributed by atoms with Crippen molar-refractivity contribution in [1.82, 2.24) is 15.2 Å². The van der Waals surface area contributed by atoms with Gasteiger partial charge in [-0.25, -0.2) is 4.98 Å². The third-order valence-electron chi connectivity index (χ3n) is 5.55. The molecule has 1 aromatic heterocycles. The maximum absolute atomic E-state index is 12.9. The van der Waals surface area contributed by atoms with Gasteiger partial charge in [-0.05, 0) is 42.2 Å². The Morgan fingerprint density at radius 1 is 1.00 bits per heavy atom. The summed E-state index contributed by atoms with van der Waals surface area (Å²) in [4.78, 5) is 43.9. The van der Waals surface area contributed by atoms with E-state index < -0.39 is 0 Å². The molecule has 0 unspecified atom stereocenters. The largest absolute Gasteiger partial charge is 0.493 e. The van der Waals surface area contributed by atoms with Gasteiger partial charge >= 0.3 is 0 Å². The van der Waals surface area contributed by atoms with E-state index in [0.717, 1.165) is 5.56 Å². The molecule has 3 rings (SSSR count). The Bertz CT molecular complexity index is 1230. The van der Waals surface area contributed by atoms with Crippen LogP contribution in [0.1, 0.15) is 35.5 Å². The first-order chi connectivity index (χ1) is 18.3. The predicted octanol–water partition coefficient (Wildman–Crippen LogP) is 3.80. The van der Waals surface area contributed by atoms with Crippen molar-refractivity contribution >= 4 is 34.2 Å². The molecule has 3 amide bonds. The van der Waals surface area contributed by atoms with Crippen molar-refractivity contribution in [3.05, 3.63) is 70.7 Å². The standard InChI is InChI=1S/C28H34N4O5S/c1-19(2)16-32(27(35)21-8-6-5-7-9-21)17-26(34)31-28-30-22(18-38-28)15-25(33)29-13-12-20-10-11-23(36-3)24(14-20)37-4/h5-11,14,18-19H,12-13,15-17H2,1-4H3,(H,29,33)(H,30,31,34). The van der Waals surface area contributed by atoms with Crippen LogP contribution < -0.4 is 20.1 Å². The fraction of sp³-hybridized carbons (Fsp3) is 0.357. The van der Waals surface area contributed by atoms with Crippen LogP contribution in [0, 0.1) is 5.92 Å². The van der Waals surface area contributed by atoms with Gasteiger partial charge in [0.15, 0.2) is 16.6 Å². The number of hydrogen-bond acceptors (Lipinski definition) is 7. The second-order valence-electron chi connectivity index (χ2n) is 9.10. The number of aromatic nitrogens is 1. The Morgan fingerprint density at radius 3 is 2.42 bits per heavy atom. The Labute approximate surface area is 227 Å². The van der Waals surface area contributed by atoms with Crippen LogP contribution in [0.5, 0.6) is 11.5 Å². The van der Waals surface area contributed by atoms with E-state index in [9.17, 15) is 14.4 Å². The zero-order valence-electron chi connectivity index (χ0n) is 22.2. The van der Waals surface area contributed by atoms with Gasteiger partial charge in [-0.1, -0.05) is 38.1 Å². The Kier molecular flexibility index (Phi) is 10.7. The molecule has 0 fully saturated rings. The van der Waals surface area contributed by atoms with Gasteiger partial charge in [0, 0.05) is 24.0 Å². The highest BCUT2D eigenvalue weighted by molar-refractivity contribution is 7.13. The lowest BCUT2D eigenvalue weighted by Gasteiger charge is -2.24. The second-order valence-corrected chi connectivity index (χ2v) is 9.96. The number of anilines is 1. The highest BCUT2D eigenvalue weighted by atomic mass is 32.1. The highest BCUT2D eigenvalue weighted by Gasteiger charge is 2.20. The van der Waals surface area contributed by atoms with Crippen LogP contribution >= 0.6 is 11.3 Å². The summed E-state index contributed by atoms with van der Waals surface area (Å²) in [6, 6.07) is 14.6. The smallest absolute Gasteiger partial charge is 0.254 e. The van der Waals surface area contributed by atoms with E-state index in [-0.39, 0.29) is 36.6 Å². The number of carbonyl (C=O) groups excluding carboxylic acids is 3. The molecule has 0 saturated heterocycles. The van der Waals surface area contributed by atoms with Gasteiger partial charge in [-0.3, -0.25) is 14.4 Å². The first-order valence-electron chi connectivity index (χ1n) is 12.3. The first kappa shape index (κ1) is 28.6. The molecule has 38 heavy (non-hydrogen) atoms. The molecule has 0 aliphatic carbocycles. The number of ether oxygens (including phenoxy) is 2. The van der Waals surface area contributed by atoms with E-state index in [1.165, 1.54) is 16.2 Å². The molecule has 9 nitrogen and oxygen atoms in total. The molecule has 10 heteroatoms. The average molecular weight is 539 g/mol. The van der Waals surface area contributed by atoms with Crippen molar-refractivity contribution < 1.29 is 23.9 Å². The van der Waals surface area contributed by atoms with E-state index in [2.05, 4.69) is 15.6 Å². The zero-order valence-corrected chi connectivity index (χ0v) is 23.0. The molecular weight excluding hydrogens is 504 g/mol. The van der Waals surface area contributed by atoms with Crippen LogP contribution in [0.3, 0.4) is 0 Å². The quantitative estimate of drug-likeness (QED) is 0.343. The topological polar surface area (TPSA) is 110 Å². The lowest BCUT2D eigenvalue weighted by molar-refractivity contribution is -0.120. The first-order valence-corrected chi connectivity index (χ1v) is 13.2. The van der Waals surface area contributed by atoms with Gasteiger partial charge in [0.25, 0.3) is 5.91 Å². The summed E-state index contributed by atoms with van der Waals surface area (Å²) in [5.74, 6) is 0.805. The van der Waals surface area contributed by atoms with Crippen molar-refractivity contribution in [1.29, 1.82) is 0 Å². The Balaban J connectivity index is 1.48. The molecule has 202 valence electrons. The number of thiazole rings is 1. The number of carbonyl (C=O) groups is 3. The normalized spacial score (nSPS) is 10.7. The van der Waals surface area contributed by atoms with Crippen molar-refractivity contribution in [3.8, 4) is 11.5 Å². The van der Waals surface area contributed by atoms with Gasteiger partial charge in [0.2, 0.25) is 11.8 Å². The predicted molar refractivity (Wildman–Crippen MR) is 148 cm³/mol. The second kappa shape index (κ2) is 14.1. The molecule has 2 aromatic carbocycles. The summed E-state index contributed by atoms with van der Waals surface area (Å²) in [7, 11) is 3.17. The SMILES string of the molecule is COc1ccc(CCNC(=O)Cc2csc(NC(=O)CN(CC(C)C)C(=O)c3ccccc3)n2)cc1OC. The van der Waals surface area contributed by atoms with E-state index >= 15 is 0 Å². The lowest BCUT2D eigenvalue weighted by atomic mass is 10.1. The maximum atomic E-state index is 12.9. The molecule has 0 saturated carbocycles. The van der Waals surface area contributed by atoms with Crippen molar-refractivity contribution in [2.75, 3.05) is 39.2 Å². The summed E-state index contributed by atoms with van der Waals surface area (Å²) in [5.41, 5.74) is 2.11. The zero-order chi connectivity index (χ0) is 27.5. The third kappa shape index (κ3) is 8.58. The third-order valence-corrected chi connectivity index (χ3v) is 6.36. The minimum atomic E-state index is -0.338. The van der Waals surface area contributed by atoms with Crippen LogP contribution in [0.4, 0.5) is 5.13 Å². The lowest BCUT2D eigenvalue weighted by Crippen LogP contribution is -2.40. The van der Waals surface area contributed by atoms with Crippen LogP contribution in [0.15, 0.2) is 53.9 Å². The number of hydrogen-bond donors (Lipinski definition) is 2. The van der Waals surface area contributed by atoms with Gasteiger partial charge < -0.3 is 25.0 Å². The number of nitrogens with one attached hydrogen (secondary N) is 2. The Hall–Kier alpha value is -3.92. The summed E-state index contributed by atoms with van der Waals surface area (Å²) < 4.78 is 10.6. The molecule has 3 aromatic rings. The minimum absolute atomic E-state index is 0.0859. The Morgan fingerprint density at radius 2 is 1.74 bits per heavy atom. The van der Waals surface area contributed by atoms with Crippen LogP contribution in [-0.2, 0) is 22.4 Å². The highest BCUT2D eigenvalue weighted by Crippen LogP contribution is 2.27. The maximum Gasteiger partial charge on any atom is 0.254 e. The van der Waals surface area contributed by atoms with Gasteiger partial charge in [-0.2, -0.15) is 0 Å². The van der Waals surface area contributed by atoms with E-state index in [4.69, 9.17) is 9.47 Å². The molecule has 0 radical (unpaired) electrons. The molecule has 0 aliphatic rings. The van der Waals surface area contributed by atoms with Crippen molar-refractivity contribution in [2.24, 2.45) is 5.92 Å². The summed E-state index contributed by atoms with van der Waals surface area (Å²) >= 11 is 1.24. The number of amides is 3. The van der Waals surface area contributed by atoms with Crippen LogP contribution in [0.25, 0.3) is 0 Å². The molecule has 1 heterocycles. The molecule has 0 spiro atoms. The van der Waals surface area contributed by atoms with Gasteiger partial charge in [-0.15, -0.1) is 11.3 Å². The molecule has 2 N–H and O–H groups in total. The molecular formula is C28H34N4O5S. The summed E-state index contributed by atoms with van der Waals surface area (Å²) in [6.45, 7) is 4.82.